The Balaban J connectivity index is 2.12. The number of thiophene rings is 1. The summed E-state index contributed by atoms with van der Waals surface area (Å²) in [6, 6.07) is 5.87. The number of likely N-dealkylation sites (tertiary alicyclic amines) is 1. The van der Waals surface area contributed by atoms with E-state index in [2.05, 4.69) is 0 Å². The summed E-state index contributed by atoms with van der Waals surface area (Å²) in [6.45, 7) is 1.56. The molecule has 1 amide bonds. The molecule has 0 atom stereocenters. The fourth-order valence-electron chi connectivity index (χ4n) is 2.10. The first kappa shape index (κ1) is 12.8. The molecule has 1 aromatic rings. The maximum absolute atomic E-state index is 12.2. The molecule has 1 aliphatic rings. The molecule has 0 unspecified atom stereocenters. The van der Waals surface area contributed by atoms with E-state index in [0.717, 1.165) is 30.8 Å². The number of hydrogen-bond acceptors (Lipinski definition) is 3. The Labute approximate surface area is 111 Å². The Kier molecular flexibility index (Phi) is 4.54. The van der Waals surface area contributed by atoms with E-state index in [1.54, 1.807) is 6.08 Å². The van der Waals surface area contributed by atoms with Crippen molar-refractivity contribution in [2.45, 2.75) is 25.7 Å². The second kappa shape index (κ2) is 6.36. The monoisotopic (exact) mass is 260 g/mol. The molecule has 0 N–H and O–H groups in total. The summed E-state index contributed by atoms with van der Waals surface area (Å²) in [5, 5.41) is 11.1. The quantitative estimate of drug-likeness (QED) is 0.606. The lowest BCUT2D eigenvalue weighted by atomic mass is 10.2. The molecule has 1 fully saturated rings. The van der Waals surface area contributed by atoms with Gasteiger partial charge in [-0.3, -0.25) is 4.79 Å². The lowest BCUT2D eigenvalue weighted by Gasteiger charge is -2.19. The van der Waals surface area contributed by atoms with E-state index in [0.29, 0.717) is 0 Å². The van der Waals surface area contributed by atoms with Crippen LogP contribution in [0.5, 0.6) is 0 Å². The third kappa shape index (κ3) is 3.21. The van der Waals surface area contributed by atoms with Gasteiger partial charge in [-0.25, -0.2) is 0 Å². The van der Waals surface area contributed by atoms with Gasteiger partial charge in [-0.2, -0.15) is 5.26 Å². The van der Waals surface area contributed by atoms with Crippen molar-refractivity contribution in [3.63, 3.8) is 0 Å². The number of nitrogens with zero attached hydrogens (tertiary/aromatic N) is 2. The summed E-state index contributed by atoms with van der Waals surface area (Å²) in [7, 11) is 0. The fourth-order valence-corrected chi connectivity index (χ4v) is 2.76. The Morgan fingerprint density at radius 2 is 2.06 bits per heavy atom. The predicted molar refractivity (Wildman–Crippen MR) is 73.0 cm³/mol. The number of amides is 1. The number of nitriles is 1. The van der Waals surface area contributed by atoms with Crippen LogP contribution >= 0.6 is 11.3 Å². The van der Waals surface area contributed by atoms with Crippen LogP contribution in [0, 0.1) is 11.3 Å². The Morgan fingerprint density at radius 3 is 2.61 bits per heavy atom. The third-order valence-corrected chi connectivity index (χ3v) is 3.89. The average Bonchev–Trinajstić information content (AvgIpc) is 2.75. The van der Waals surface area contributed by atoms with Crippen LogP contribution in [0.25, 0.3) is 6.08 Å². The van der Waals surface area contributed by atoms with E-state index in [1.807, 2.05) is 28.5 Å². The standard InChI is InChI=1S/C14H16N2OS/c15-11-12(10-13-6-5-9-18-13)14(17)16-7-3-1-2-4-8-16/h5-6,9-10H,1-4,7-8H2/b12-10+. The minimum Gasteiger partial charge on any atom is -0.338 e. The number of hydrogen-bond donors (Lipinski definition) is 0. The van der Waals surface area contributed by atoms with Gasteiger partial charge in [0.2, 0.25) is 0 Å². The molecule has 94 valence electrons. The van der Waals surface area contributed by atoms with Crippen molar-refractivity contribution in [1.29, 1.82) is 5.26 Å². The molecule has 0 spiro atoms. The molecule has 1 aromatic heterocycles. The first-order chi connectivity index (χ1) is 8.81. The topological polar surface area (TPSA) is 44.1 Å². The fraction of sp³-hybridized carbons (Fsp3) is 0.429. The van der Waals surface area contributed by atoms with Crippen molar-refractivity contribution in [2.24, 2.45) is 0 Å². The summed E-state index contributed by atoms with van der Waals surface area (Å²) in [5.74, 6) is -0.118. The zero-order chi connectivity index (χ0) is 12.8. The average molecular weight is 260 g/mol. The molecule has 4 heteroatoms. The number of rotatable bonds is 2. The van der Waals surface area contributed by atoms with Crippen molar-refractivity contribution in [1.82, 2.24) is 4.90 Å². The predicted octanol–water partition coefficient (Wildman–Crippen LogP) is 3.06. The van der Waals surface area contributed by atoms with Gasteiger partial charge in [0.15, 0.2) is 0 Å². The second-order valence-corrected chi connectivity index (χ2v) is 5.37. The maximum atomic E-state index is 12.2. The number of carbonyl (C=O) groups is 1. The summed E-state index contributed by atoms with van der Waals surface area (Å²) in [6.07, 6.45) is 6.14. The van der Waals surface area contributed by atoms with Crippen molar-refractivity contribution in [2.75, 3.05) is 13.1 Å². The van der Waals surface area contributed by atoms with Gasteiger partial charge in [0.1, 0.15) is 11.6 Å². The van der Waals surface area contributed by atoms with E-state index in [4.69, 9.17) is 5.26 Å². The van der Waals surface area contributed by atoms with Crippen LogP contribution in [-0.2, 0) is 4.79 Å². The van der Waals surface area contributed by atoms with E-state index in [9.17, 15) is 4.79 Å². The highest BCUT2D eigenvalue weighted by atomic mass is 32.1. The highest BCUT2D eigenvalue weighted by molar-refractivity contribution is 7.10. The highest BCUT2D eigenvalue weighted by Crippen LogP contribution is 2.16. The van der Waals surface area contributed by atoms with Crippen molar-refractivity contribution in [3.05, 3.63) is 28.0 Å². The van der Waals surface area contributed by atoms with Gasteiger partial charge in [0, 0.05) is 18.0 Å². The summed E-state index contributed by atoms with van der Waals surface area (Å²) in [4.78, 5) is 15.0. The van der Waals surface area contributed by atoms with E-state index < -0.39 is 0 Å². The summed E-state index contributed by atoms with van der Waals surface area (Å²) >= 11 is 1.54. The van der Waals surface area contributed by atoms with E-state index >= 15 is 0 Å². The Morgan fingerprint density at radius 1 is 1.33 bits per heavy atom. The normalized spacial score (nSPS) is 17.1. The highest BCUT2D eigenvalue weighted by Gasteiger charge is 2.19. The van der Waals surface area contributed by atoms with Gasteiger partial charge in [0.05, 0.1) is 0 Å². The molecule has 0 saturated carbocycles. The molecule has 1 saturated heterocycles. The lowest BCUT2D eigenvalue weighted by Crippen LogP contribution is -2.32. The molecule has 0 aliphatic carbocycles. The molecule has 2 heterocycles. The van der Waals surface area contributed by atoms with Gasteiger partial charge in [-0.1, -0.05) is 18.9 Å². The summed E-state index contributed by atoms with van der Waals surface area (Å²) < 4.78 is 0. The van der Waals surface area contributed by atoms with E-state index in [-0.39, 0.29) is 11.5 Å². The largest absolute Gasteiger partial charge is 0.338 e. The minimum absolute atomic E-state index is 0.118. The third-order valence-electron chi connectivity index (χ3n) is 3.07. The first-order valence-corrected chi connectivity index (χ1v) is 7.14. The van der Waals surface area contributed by atoms with Gasteiger partial charge < -0.3 is 4.90 Å². The zero-order valence-corrected chi connectivity index (χ0v) is 11.1. The molecular formula is C14H16N2OS. The van der Waals surface area contributed by atoms with Crippen LogP contribution in [0.4, 0.5) is 0 Å². The number of carbonyl (C=O) groups excluding carboxylic acids is 1. The first-order valence-electron chi connectivity index (χ1n) is 6.26. The SMILES string of the molecule is N#C/C(=C\c1cccs1)C(=O)N1CCCCCC1. The van der Waals surface area contributed by atoms with Gasteiger partial charge in [-0.15, -0.1) is 11.3 Å². The van der Waals surface area contributed by atoms with Crippen molar-refractivity contribution in [3.8, 4) is 6.07 Å². The Bertz CT molecular complexity index is 462. The Hall–Kier alpha value is -1.60. The smallest absolute Gasteiger partial charge is 0.264 e. The van der Waals surface area contributed by atoms with Gasteiger partial charge in [0.25, 0.3) is 5.91 Å². The lowest BCUT2D eigenvalue weighted by molar-refractivity contribution is -0.126. The molecule has 3 nitrogen and oxygen atoms in total. The van der Waals surface area contributed by atoms with E-state index in [1.165, 1.54) is 24.2 Å². The van der Waals surface area contributed by atoms with Crippen LogP contribution in [0.2, 0.25) is 0 Å². The minimum atomic E-state index is -0.118. The molecule has 0 bridgehead atoms. The van der Waals surface area contributed by atoms with Crippen LogP contribution in [0.15, 0.2) is 23.1 Å². The molecule has 1 aliphatic heterocycles. The summed E-state index contributed by atoms with van der Waals surface area (Å²) in [5.41, 5.74) is 0.249. The van der Waals surface area contributed by atoms with Gasteiger partial charge >= 0.3 is 0 Å². The molecular weight excluding hydrogens is 244 g/mol. The maximum Gasteiger partial charge on any atom is 0.264 e. The molecule has 18 heavy (non-hydrogen) atoms. The van der Waals surface area contributed by atoms with Crippen molar-refractivity contribution >= 4 is 23.3 Å². The second-order valence-electron chi connectivity index (χ2n) is 4.39. The molecule has 0 aromatic carbocycles. The van der Waals surface area contributed by atoms with Crippen LogP contribution in [-0.4, -0.2) is 23.9 Å². The van der Waals surface area contributed by atoms with Gasteiger partial charge in [-0.05, 0) is 30.4 Å². The zero-order valence-electron chi connectivity index (χ0n) is 10.3. The van der Waals surface area contributed by atoms with Crippen LogP contribution < -0.4 is 0 Å². The molecule has 0 radical (unpaired) electrons. The molecule has 2 rings (SSSR count). The van der Waals surface area contributed by atoms with Crippen LogP contribution in [0.3, 0.4) is 0 Å². The van der Waals surface area contributed by atoms with Crippen molar-refractivity contribution < 1.29 is 4.79 Å². The van der Waals surface area contributed by atoms with Crippen LogP contribution in [0.1, 0.15) is 30.6 Å².